The second-order valence-corrected chi connectivity index (χ2v) is 0.305. The first-order chi connectivity index (χ1) is 2.27. The first kappa shape index (κ1) is 9.40. The molecule has 30 valence electrons. The van der Waals surface area contributed by atoms with E-state index in [4.69, 9.17) is 15.4 Å². The van der Waals surface area contributed by atoms with Crippen molar-refractivity contribution in [1.82, 2.24) is 0 Å². The van der Waals surface area contributed by atoms with Crippen molar-refractivity contribution in [3.05, 3.63) is 10.1 Å². The van der Waals surface area contributed by atoms with Gasteiger partial charge in [0.2, 0.25) is 0 Å². The van der Waals surface area contributed by atoms with E-state index in [2.05, 4.69) is 4.99 Å². The smallest absolute Gasteiger partial charge is 0.214 e. The topological polar surface area (TPSA) is 72.6 Å². The fraction of sp³-hybridized carbons (Fsp3) is 0. The summed E-state index contributed by atoms with van der Waals surface area (Å²) in [4.78, 5) is 11.2. The largest absolute Gasteiger partial charge is 4.00 e. The SMILES string of the molecule is O=[N+]([O-])OO.[Zr+4]. The van der Waals surface area contributed by atoms with E-state index in [1.54, 1.807) is 0 Å². The summed E-state index contributed by atoms with van der Waals surface area (Å²) in [5.41, 5.74) is 0. The van der Waals surface area contributed by atoms with Gasteiger partial charge in [0.1, 0.15) is 0 Å². The summed E-state index contributed by atoms with van der Waals surface area (Å²) in [6.45, 7) is 0. The van der Waals surface area contributed by atoms with Gasteiger partial charge in [0.05, 0.1) is 0 Å². The Morgan fingerprint density at radius 1 is 1.83 bits per heavy atom. The van der Waals surface area contributed by atoms with Crippen LogP contribution in [0.2, 0.25) is 0 Å². The van der Waals surface area contributed by atoms with Crippen LogP contribution in [-0.2, 0) is 31.2 Å². The number of hydrogen-bond donors (Lipinski definition) is 1. The van der Waals surface area contributed by atoms with Crippen LogP contribution >= 0.6 is 0 Å². The van der Waals surface area contributed by atoms with Crippen LogP contribution in [0, 0.1) is 10.1 Å². The minimum absolute atomic E-state index is 0. The van der Waals surface area contributed by atoms with E-state index in [0.29, 0.717) is 0 Å². The zero-order chi connectivity index (χ0) is 4.28. The molecule has 0 aromatic heterocycles. The molecule has 0 amide bonds. The van der Waals surface area contributed by atoms with Gasteiger partial charge in [0.25, 0.3) is 0 Å². The van der Waals surface area contributed by atoms with Crippen LogP contribution in [0.15, 0.2) is 0 Å². The molecule has 0 aliphatic carbocycles. The Morgan fingerprint density at radius 3 is 2.00 bits per heavy atom. The molecule has 0 aromatic carbocycles. The average molecular weight is 170 g/mol. The Kier molecular flexibility index (Phi) is 7.90. The van der Waals surface area contributed by atoms with Crippen LogP contribution in [0.1, 0.15) is 0 Å². The maximum Gasteiger partial charge on any atom is 4.00 e. The zero-order valence-corrected chi connectivity index (χ0v) is 5.08. The van der Waals surface area contributed by atoms with Crippen molar-refractivity contribution in [2.24, 2.45) is 0 Å². The first-order valence-electron chi connectivity index (χ1n) is 0.730. The summed E-state index contributed by atoms with van der Waals surface area (Å²) in [7, 11) is 0. The van der Waals surface area contributed by atoms with Gasteiger partial charge in [-0.25, -0.2) is 5.26 Å². The van der Waals surface area contributed by atoms with Crippen molar-refractivity contribution in [1.29, 1.82) is 0 Å². The number of rotatable bonds is 1. The second kappa shape index (κ2) is 5.04. The molecule has 0 saturated heterocycles. The summed E-state index contributed by atoms with van der Waals surface area (Å²) in [5.74, 6) is 0. The zero-order valence-electron chi connectivity index (χ0n) is 2.62. The van der Waals surface area contributed by atoms with Gasteiger partial charge < -0.3 is 0 Å². The number of hydrogen-bond acceptors (Lipinski definition) is 4. The molecule has 0 spiro atoms. The average Bonchev–Trinajstić information content (AvgIpc) is 1.38. The molecule has 0 aliphatic heterocycles. The molecule has 6 heteroatoms. The van der Waals surface area contributed by atoms with Crippen LogP contribution in [0.5, 0.6) is 0 Å². The van der Waals surface area contributed by atoms with Crippen LogP contribution in [0.25, 0.3) is 0 Å². The van der Waals surface area contributed by atoms with Crippen molar-refractivity contribution >= 4 is 0 Å². The molecule has 0 radical (unpaired) electrons. The van der Waals surface area contributed by atoms with Crippen LogP contribution in [0.3, 0.4) is 0 Å². The van der Waals surface area contributed by atoms with E-state index in [1.807, 2.05) is 0 Å². The van der Waals surface area contributed by atoms with Gasteiger partial charge in [-0.05, 0) is 0 Å². The third-order valence-electron chi connectivity index (χ3n) is 0.0667. The molecule has 1 N–H and O–H groups in total. The summed E-state index contributed by atoms with van der Waals surface area (Å²) >= 11 is 0. The van der Waals surface area contributed by atoms with E-state index >= 15 is 0 Å². The second-order valence-electron chi connectivity index (χ2n) is 0.305. The Labute approximate surface area is 52.1 Å². The minimum atomic E-state index is -1.32. The molecule has 0 heterocycles. The van der Waals surface area contributed by atoms with Gasteiger partial charge in [-0.3, -0.25) is 0 Å². The van der Waals surface area contributed by atoms with Crippen molar-refractivity contribution in [3.63, 3.8) is 0 Å². The van der Waals surface area contributed by atoms with Gasteiger partial charge in [-0.1, -0.05) is 0 Å². The van der Waals surface area contributed by atoms with Gasteiger partial charge in [-0.2, -0.15) is 0 Å². The predicted molar refractivity (Wildman–Crippen MR) is 10.7 cm³/mol. The summed E-state index contributed by atoms with van der Waals surface area (Å²) in [5, 5.41) is 14.3. The van der Waals surface area contributed by atoms with Gasteiger partial charge in [0.15, 0.2) is 0 Å². The quantitative estimate of drug-likeness (QED) is 0.332. The van der Waals surface area contributed by atoms with Crippen molar-refractivity contribution in [2.75, 3.05) is 0 Å². The molecule has 0 fully saturated rings. The maximum atomic E-state index is 8.70. The van der Waals surface area contributed by atoms with E-state index in [9.17, 15) is 0 Å². The summed E-state index contributed by atoms with van der Waals surface area (Å²) in [6, 6.07) is 0. The molecule has 0 aliphatic rings. The van der Waals surface area contributed by atoms with Crippen LogP contribution in [0.4, 0.5) is 0 Å². The Bertz CT molecular complexity index is 42.8. The Hall–Kier alpha value is 0.0431. The van der Waals surface area contributed by atoms with Gasteiger partial charge in [-0.15, -0.1) is 15.1 Å². The predicted octanol–water partition coefficient (Wildman–Crippen LogP) is -0.335. The van der Waals surface area contributed by atoms with Crippen molar-refractivity contribution in [2.45, 2.75) is 0 Å². The molecule has 0 bridgehead atoms. The molecule has 0 unspecified atom stereocenters. The van der Waals surface area contributed by atoms with Crippen LogP contribution in [-0.4, -0.2) is 10.3 Å². The Balaban J connectivity index is 0. The molecule has 0 atom stereocenters. The third-order valence-corrected chi connectivity index (χ3v) is 0.0667. The molecule has 0 rings (SSSR count). The van der Waals surface area contributed by atoms with Crippen molar-refractivity contribution < 1.29 is 41.5 Å². The standard InChI is InChI=1S/HNO4.Zr/c2-1(3)5-4;/h4H;/q;+4. The Morgan fingerprint density at radius 2 is 2.00 bits per heavy atom. The van der Waals surface area contributed by atoms with Crippen LogP contribution < -0.4 is 0 Å². The molecule has 5 nitrogen and oxygen atoms in total. The monoisotopic (exact) mass is 169 g/mol. The van der Waals surface area contributed by atoms with Crippen molar-refractivity contribution in [3.8, 4) is 0 Å². The van der Waals surface area contributed by atoms with Gasteiger partial charge in [0, 0.05) is 0 Å². The molecular weight excluding hydrogens is 169 g/mol. The first-order valence-corrected chi connectivity index (χ1v) is 0.730. The van der Waals surface area contributed by atoms with Gasteiger partial charge >= 0.3 is 31.3 Å². The fourth-order valence-electron chi connectivity index (χ4n) is 0. The third kappa shape index (κ3) is 8.97. The minimum Gasteiger partial charge on any atom is -0.214 e. The maximum absolute atomic E-state index is 8.70. The van der Waals surface area contributed by atoms with E-state index < -0.39 is 5.09 Å². The molecule has 0 aromatic rings. The van der Waals surface area contributed by atoms with E-state index in [0.717, 1.165) is 0 Å². The van der Waals surface area contributed by atoms with E-state index in [-0.39, 0.29) is 26.2 Å². The van der Waals surface area contributed by atoms with E-state index in [1.165, 1.54) is 0 Å². The normalized spacial score (nSPS) is 5.50. The fourth-order valence-corrected chi connectivity index (χ4v) is 0. The molecular formula is HNO4Zr+4. The molecule has 0 saturated carbocycles. The summed E-state index contributed by atoms with van der Waals surface area (Å²) in [6.07, 6.45) is 0. The molecule has 6 heavy (non-hydrogen) atoms. The number of nitrogens with zero attached hydrogens (tertiary/aromatic N) is 1. The summed E-state index contributed by atoms with van der Waals surface area (Å²) < 4.78 is 0.